The number of benzene rings is 2. The molecule has 26 heavy (non-hydrogen) atoms. The first-order valence-electron chi connectivity index (χ1n) is 9.46. The van der Waals surface area contributed by atoms with E-state index in [-0.39, 0.29) is 23.0 Å². The average Bonchev–Trinajstić information content (AvgIpc) is 2.53. The SMILES string of the molecule is CC1(C)CC(NC(=O)c2ccc(Cc3ccccc3)cc2)CC(C)(C)N1. The average molecular weight is 351 g/mol. The number of nitrogens with one attached hydrogen (secondary N) is 2. The second-order valence-corrected chi connectivity index (χ2v) is 8.83. The van der Waals surface area contributed by atoms with Crippen LogP contribution in [0.5, 0.6) is 0 Å². The molecule has 2 aromatic rings. The molecule has 0 unspecified atom stereocenters. The van der Waals surface area contributed by atoms with Crippen molar-refractivity contribution in [2.24, 2.45) is 0 Å². The molecule has 3 heteroatoms. The Hall–Kier alpha value is -2.13. The van der Waals surface area contributed by atoms with Crippen molar-refractivity contribution in [3.63, 3.8) is 0 Å². The fourth-order valence-corrected chi connectivity index (χ4v) is 4.30. The second-order valence-electron chi connectivity index (χ2n) is 8.83. The minimum Gasteiger partial charge on any atom is -0.349 e. The van der Waals surface area contributed by atoms with Crippen LogP contribution in [0.25, 0.3) is 0 Å². The Morgan fingerprint density at radius 3 is 2.04 bits per heavy atom. The number of amides is 1. The highest BCUT2D eigenvalue weighted by molar-refractivity contribution is 5.94. The molecule has 1 aliphatic heterocycles. The maximum Gasteiger partial charge on any atom is 0.251 e. The predicted octanol–water partition coefficient (Wildman–Crippen LogP) is 4.32. The van der Waals surface area contributed by atoms with Gasteiger partial charge in [0.2, 0.25) is 0 Å². The summed E-state index contributed by atoms with van der Waals surface area (Å²) in [6.45, 7) is 8.80. The van der Waals surface area contributed by atoms with Crippen molar-refractivity contribution in [1.29, 1.82) is 0 Å². The summed E-state index contributed by atoms with van der Waals surface area (Å²) < 4.78 is 0. The maximum atomic E-state index is 12.7. The quantitative estimate of drug-likeness (QED) is 0.862. The van der Waals surface area contributed by atoms with Gasteiger partial charge >= 0.3 is 0 Å². The van der Waals surface area contributed by atoms with Gasteiger partial charge in [0.15, 0.2) is 0 Å². The Bertz CT molecular complexity index is 732. The summed E-state index contributed by atoms with van der Waals surface area (Å²) in [5.74, 6) is 0.0229. The summed E-state index contributed by atoms with van der Waals surface area (Å²) in [5, 5.41) is 6.89. The molecule has 1 fully saturated rings. The van der Waals surface area contributed by atoms with Crippen molar-refractivity contribution in [1.82, 2.24) is 10.6 Å². The first-order chi connectivity index (χ1) is 12.2. The standard InChI is InChI=1S/C23H30N2O/c1-22(2)15-20(16-23(3,4)25-22)24-21(26)19-12-10-18(11-13-19)14-17-8-6-5-7-9-17/h5-13,20,25H,14-16H2,1-4H3,(H,24,26). The van der Waals surface area contributed by atoms with E-state index < -0.39 is 0 Å². The molecule has 2 N–H and O–H groups in total. The van der Waals surface area contributed by atoms with E-state index in [4.69, 9.17) is 0 Å². The smallest absolute Gasteiger partial charge is 0.251 e. The second kappa shape index (κ2) is 7.24. The van der Waals surface area contributed by atoms with Crippen molar-refractivity contribution in [3.8, 4) is 0 Å². The molecule has 0 aromatic heterocycles. The van der Waals surface area contributed by atoms with E-state index in [1.807, 2.05) is 18.2 Å². The summed E-state index contributed by atoms with van der Waals surface area (Å²) in [4.78, 5) is 12.7. The first kappa shape index (κ1) is 18.7. The molecular weight excluding hydrogens is 320 g/mol. The van der Waals surface area contributed by atoms with Crippen LogP contribution in [0.1, 0.15) is 62.0 Å². The topological polar surface area (TPSA) is 41.1 Å². The molecule has 3 rings (SSSR count). The van der Waals surface area contributed by atoms with Gasteiger partial charge in [0.1, 0.15) is 0 Å². The highest BCUT2D eigenvalue weighted by Crippen LogP contribution is 2.28. The van der Waals surface area contributed by atoms with Gasteiger partial charge in [-0.15, -0.1) is 0 Å². The third kappa shape index (κ3) is 4.95. The molecule has 0 bridgehead atoms. The predicted molar refractivity (Wildman–Crippen MR) is 107 cm³/mol. The highest BCUT2D eigenvalue weighted by atomic mass is 16.1. The fourth-order valence-electron chi connectivity index (χ4n) is 4.30. The molecule has 138 valence electrons. The van der Waals surface area contributed by atoms with Gasteiger partial charge in [-0.1, -0.05) is 42.5 Å². The van der Waals surface area contributed by atoms with E-state index in [1.54, 1.807) is 0 Å². The van der Waals surface area contributed by atoms with Gasteiger partial charge in [-0.3, -0.25) is 4.79 Å². The van der Waals surface area contributed by atoms with Crippen molar-refractivity contribution >= 4 is 5.91 Å². The molecule has 3 nitrogen and oxygen atoms in total. The van der Waals surface area contributed by atoms with Crippen molar-refractivity contribution < 1.29 is 4.79 Å². The number of hydrogen-bond donors (Lipinski definition) is 2. The van der Waals surface area contributed by atoms with Crippen LogP contribution in [-0.2, 0) is 6.42 Å². The minimum atomic E-state index is 0.0229. The van der Waals surface area contributed by atoms with Gasteiger partial charge in [-0.05, 0) is 70.2 Å². The third-order valence-corrected chi connectivity index (χ3v) is 4.99. The zero-order valence-corrected chi connectivity index (χ0v) is 16.3. The van der Waals surface area contributed by atoms with E-state index >= 15 is 0 Å². The van der Waals surface area contributed by atoms with E-state index in [2.05, 4.69) is 74.7 Å². The lowest BCUT2D eigenvalue weighted by Gasteiger charge is -2.46. The van der Waals surface area contributed by atoms with E-state index in [1.165, 1.54) is 11.1 Å². The Morgan fingerprint density at radius 1 is 0.923 bits per heavy atom. The molecule has 1 aliphatic rings. The summed E-state index contributed by atoms with van der Waals surface area (Å²) in [6, 6.07) is 18.6. The lowest BCUT2D eigenvalue weighted by atomic mass is 9.79. The Labute approximate surface area is 157 Å². The summed E-state index contributed by atoms with van der Waals surface area (Å²) in [5.41, 5.74) is 3.29. The van der Waals surface area contributed by atoms with Crippen molar-refractivity contribution in [2.75, 3.05) is 0 Å². The van der Waals surface area contributed by atoms with Crippen molar-refractivity contribution in [3.05, 3.63) is 71.3 Å². The van der Waals surface area contributed by atoms with Gasteiger partial charge < -0.3 is 10.6 Å². The Kier molecular flexibility index (Phi) is 5.19. The normalized spacial score (nSPS) is 19.1. The summed E-state index contributed by atoms with van der Waals surface area (Å²) >= 11 is 0. The Balaban J connectivity index is 1.63. The number of rotatable bonds is 4. The molecule has 0 radical (unpaired) electrons. The van der Waals surface area contributed by atoms with Crippen LogP contribution in [0.2, 0.25) is 0 Å². The highest BCUT2D eigenvalue weighted by Gasteiger charge is 2.38. The summed E-state index contributed by atoms with van der Waals surface area (Å²) in [7, 11) is 0. The molecule has 2 aromatic carbocycles. The molecule has 0 saturated carbocycles. The van der Waals surface area contributed by atoms with Crippen LogP contribution in [0, 0.1) is 0 Å². The molecule has 0 aliphatic carbocycles. The van der Waals surface area contributed by atoms with E-state index in [0.717, 1.165) is 24.8 Å². The number of carbonyl (C=O) groups is 1. The monoisotopic (exact) mass is 350 g/mol. The molecule has 1 heterocycles. The van der Waals surface area contributed by atoms with Crippen LogP contribution in [0.4, 0.5) is 0 Å². The lowest BCUT2D eigenvalue weighted by Crippen LogP contribution is -2.62. The number of hydrogen-bond acceptors (Lipinski definition) is 2. The molecule has 1 amide bonds. The van der Waals surface area contributed by atoms with Crippen LogP contribution in [0.15, 0.2) is 54.6 Å². The van der Waals surface area contributed by atoms with Gasteiger partial charge in [-0.2, -0.15) is 0 Å². The Morgan fingerprint density at radius 2 is 1.46 bits per heavy atom. The van der Waals surface area contributed by atoms with E-state index in [9.17, 15) is 4.79 Å². The van der Waals surface area contributed by atoms with E-state index in [0.29, 0.717) is 0 Å². The van der Waals surface area contributed by atoms with Gasteiger partial charge in [0, 0.05) is 22.7 Å². The van der Waals surface area contributed by atoms with Crippen LogP contribution in [0.3, 0.4) is 0 Å². The first-order valence-corrected chi connectivity index (χ1v) is 9.46. The largest absolute Gasteiger partial charge is 0.349 e. The molecule has 0 atom stereocenters. The third-order valence-electron chi connectivity index (χ3n) is 4.99. The van der Waals surface area contributed by atoms with Crippen LogP contribution < -0.4 is 10.6 Å². The van der Waals surface area contributed by atoms with Gasteiger partial charge in [-0.25, -0.2) is 0 Å². The number of piperidine rings is 1. The minimum absolute atomic E-state index is 0.0229. The lowest BCUT2D eigenvalue weighted by molar-refractivity contribution is 0.0873. The zero-order chi connectivity index (χ0) is 18.8. The van der Waals surface area contributed by atoms with Crippen LogP contribution in [-0.4, -0.2) is 23.0 Å². The molecule has 1 saturated heterocycles. The van der Waals surface area contributed by atoms with Crippen LogP contribution >= 0.6 is 0 Å². The molecular formula is C23H30N2O. The van der Waals surface area contributed by atoms with Crippen molar-refractivity contribution in [2.45, 2.75) is 64.1 Å². The molecule has 0 spiro atoms. The number of carbonyl (C=O) groups excluding carboxylic acids is 1. The zero-order valence-electron chi connectivity index (χ0n) is 16.3. The van der Waals surface area contributed by atoms with Gasteiger partial charge in [0.25, 0.3) is 5.91 Å². The fraction of sp³-hybridized carbons (Fsp3) is 0.435. The maximum absolute atomic E-state index is 12.7. The summed E-state index contributed by atoms with van der Waals surface area (Å²) in [6.07, 6.45) is 2.77. The van der Waals surface area contributed by atoms with Gasteiger partial charge in [0.05, 0.1) is 0 Å².